The quantitative estimate of drug-likeness (QED) is 0.618. The number of aryl methyl sites for hydroxylation is 1. The fraction of sp³-hybridized carbons (Fsp3) is 0.0833. The van der Waals surface area contributed by atoms with E-state index in [4.69, 9.17) is 17.3 Å². The fourth-order valence-electron chi connectivity index (χ4n) is 1.57. The molecule has 0 radical (unpaired) electrons. The predicted octanol–water partition coefficient (Wildman–Crippen LogP) is 3.33. The van der Waals surface area contributed by atoms with E-state index in [1.54, 1.807) is 6.92 Å². The van der Waals surface area contributed by atoms with Crippen molar-refractivity contribution in [2.24, 2.45) is 0 Å². The van der Waals surface area contributed by atoms with Gasteiger partial charge in [-0.25, -0.2) is 17.8 Å². The van der Waals surface area contributed by atoms with Crippen LogP contribution in [0.15, 0.2) is 33.8 Å². The highest BCUT2D eigenvalue weighted by Crippen LogP contribution is 2.28. The Bertz CT molecular complexity index is 814. The number of rotatable bonds is 3. The smallest absolute Gasteiger partial charge is 0.264 e. The lowest BCUT2D eigenvalue weighted by Crippen LogP contribution is -2.16. The number of benzene rings is 1. The second kappa shape index (κ2) is 5.78. The maximum absolute atomic E-state index is 13.9. The molecule has 0 fully saturated rings. The van der Waals surface area contributed by atoms with E-state index in [-0.39, 0.29) is 16.5 Å². The summed E-state index contributed by atoms with van der Waals surface area (Å²) in [6.07, 6.45) is 1.41. The van der Waals surface area contributed by atoms with Gasteiger partial charge in [0.25, 0.3) is 10.0 Å². The highest BCUT2D eigenvalue weighted by molar-refractivity contribution is 9.10. The van der Waals surface area contributed by atoms with Crippen LogP contribution in [0.3, 0.4) is 0 Å². The van der Waals surface area contributed by atoms with Crippen LogP contribution in [0, 0.1) is 12.7 Å². The average molecular weight is 395 g/mol. The predicted molar refractivity (Wildman–Crippen MR) is 83.3 cm³/mol. The van der Waals surface area contributed by atoms with Crippen LogP contribution < -0.4 is 10.5 Å². The Balaban J connectivity index is 2.48. The highest BCUT2D eigenvalue weighted by atomic mass is 79.9. The summed E-state index contributed by atoms with van der Waals surface area (Å²) in [5.74, 6) is -0.895. The van der Waals surface area contributed by atoms with E-state index in [0.29, 0.717) is 10.0 Å². The van der Waals surface area contributed by atoms with Crippen LogP contribution in [-0.2, 0) is 10.0 Å². The molecule has 0 spiro atoms. The molecular formula is C12H10BrClFN3O2S. The van der Waals surface area contributed by atoms with Crippen molar-refractivity contribution in [1.29, 1.82) is 0 Å². The summed E-state index contributed by atoms with van der Waals surface area (Å²) in [7, 11) is -4.17. The second-order valence-corrected chi connectivity index (χ2v) is 7.16. The third kappa shape index (κ3) is 3.45. The standard InChI is InChI=1S/C12H10BrClFN3O2S/c1-6-2-8(15)11(4-9(6)16)21(19,20)18-10-3-7(13)5-17-12(10)14/h2-5,18H,16H2,1H3. The zero-order chi connectivity index (χ0) is 15.8. The monoisotopic (exact) mass is 393 g/mol. The van der Waals surface area contributed by atoms with E-state index in [2.05, 4.69) is 25.6 Å². The Morgan fingerprint density at radius 3 is 2.71 bits per heavy atom. The van der Waals surface area contributed by atoms with Crippen LogP contribution in [0.4, 0.5) is 15.8 Å². The van der Waals surface area contributed by atoms with Crippen LogP contribution in [-0.4, -0.2) is 13.4 Å². The lowest BCUT2D eigenvalue weighted by molar-refractivity contribution is 0.570. The van der Waals surface area contributed by atoms with Gasteiger partial charge in [0.1, 0.15) is 10.7 Å². The fourth-order valence-corrected chi connectivity index (χ4v) is 3.26. The Morgan fingerprint density at radius 2 is 2.05 bits per heavy atom. The number of pyridine rings is 1. The van der Waals surface area contributed by atoms with Crippen molar-refractivity contribution in [1.82, 2.24) is 4.98 Å². The SMILES string of the molecule is Cc1cc(F)c(S(=O)(=O)Nc2cc(Br)cnc2Cl)cc1N. The third-order valence-corrected chi connectivity index (χ3v) is 4.78. The Labute approximate surface area is 134 Å². The van der Waals surface area contributed by atoms with Crippen LogP contribution in [0.2, 0.25) is 5.15 Å². The number of halogens is 3. The van der Waals surface area contributed by atoms with Gasteiger partial charge in [0.15, 0.2) is 5.15 Å². The number of sulfonamides is 1. The van der Waals surface area contributed by atoms with Crippen molar-refractivity contribution in [3.63, 3.8) is 0 Å². The molecule has 1 heterocycles. The largest absolute Gasteiger partial charge is 0.398 e. The molecule has 0 saturated heterocycles. The minimum atomic E-state index is -4.17. The van der Waals surface area contributed by atoms with Gasteiger partial charge in [-0.3, -0.25) is 4.72 Å². The van der Waals surface area contributed by atoms with Gasteiger partial charge in [-0.2, -0.15) is 0 Å². The molecule has 1 aromatic heterocycles. The van der Waals surface area contributed by atoms with E-state index in [1.807, 2.05) is 0 Å². The molecule has 0 amide bonds. The van der Waals surface area contributed by atoms with Gasteiger partial charge >= 0.3 is 0 Å². The molecule has 0 aliphatic heterocycles. The van der Waals surface area contributed by atoms with E-state index < -0.39 is 20.7 Å². The summed E-state index contributed by atoms with van der Waals surface area (Å²) in [5.41, 5.74) is 6.29. The van der Waals surface area contributed by atoms with Gasteiger partial charge in [-0.15, -0.1) is 0 Å². The number of hydrogen-bond donors (Lipinski definition) is 2. The van der Waals surface area contributed by atoms with Gasteiger partial charge < -0.3 is 5.73 Å². The number of hydrogen-bond acceptors (Lipinski definition) is 4. The van der Waals surface area contributed by atoms with Crippen molar-refractivity contribution in [3.8, 4) is 0 Å². The molecule has 0 unspecified atom stereocenters. The number of aromatic nitrogens is 1. The average Bonchev–Trinajstić information content (AvgIpc) is 2.37. The Kier molecular flexibility index (Phi) is 4.40. The molecule has 2 rings (SSSR count). The Morgan fingerprint density at radius 1 is 1.38 bits per heavy atom. The molecule has 5 nitrogen and oxygen atoms in total. The normalized spacial score (nSPS) is 11.4. The van der Waals surface area contributed by atoms with Crippen molar-refractivity contribution < 1.29 is 12.8 Å². The van der Waals surface area contributed by atoms with Gasteiger partial charge in [0, 0.05) is 16.4 Å². The van der Waals surface area contributed by atoms with Crippen LogP contribution in [0.5, 0.6) is 0 Å². The summed E-state index contributed by atoms with van der Waals surface area (Å²) in [5, 5.41) is -0.0535. The number of nitrogens with two attached hydrogens (primary N) is 1. The molecule has 0 bridgehead atoms. The molecule has 1 aromatic carbocycles. The number of nitrogens with one attached hydrogen (secondary N) is 1. The first-order chi connectivity index (χ1) is 9.70. The lowest BCUT2D eigenvalue weighted by atomic mass is 10.2. The molecular weight excluding hydrogens is 385 g/mol. The summed E-state index contributed by atoms with van der Waals surface area (Å²) in [6, 6.07) is 3.54. The zero-order valence-corrected chi connectivity index (χ0v) is 13.9. The molecule has 21 heavy (non-hydrogen) atoms. The first kappa shape index (κ1) is 16.0. The molecule has 0 aliphatic carbocycles. The van der Waals surface area contributed by atoms with Crippen molar-refractivity contribution in [2.75, 3.05) is 10.5 Å². The van der Waals surface area contributed by atoms with E-state index in [1.165, 1.54) is 12.3 Å². The molecule has 9 heteroatoms. The number of nitrogens with zero attached hydrogens (tertiary/aromatic N) is 1. The summed E-state index contributed by atoms with van der Waals surface area (Å²) in [6.45, 7) is 1.58. The topological polar surface area (TPSA) is 85.1 Å². The third-order valence-electron chi connectivity index (χ3n) is 2.66. The van der Waals surface area contributed by atoms with E-state index in [9.17, 15) is 12.8 Å². The highest BCUT2D eigenvalue weighted by Gasteiger charge is 2.22. The van der Waals surface area contributed by atoms with E-state index >= 15 is 0 Å². The van der Waals surface area contributed by atoms with Crippen molar-refractivity contribution in [2.45, 2.75) is 11.8 Å². The minimum absolute atomic E-state index is 0.0320. The van der Waals surface area contributed by atoms with E-state index in [0.717, 1.165) is 12.1 Å². The van der Waals surface area contributed by atoms with Crippen molar-refractivity contribution in [3.05, 3.63) is 45.4 Å². The zero-order valence-electron chi connectivity index (χ0n) is 10.7. The van der Waals surface area contributed by atoms with Crippen LogP contribution in [0.1, 0.15) is 5.56 Å². The second-order valence-electron chi connectivity index (χ2n) is 4.24. The molecule has 3 N–H and O–H groups in total. The molecule has 0 aliphatic rings. The summed E-state index contributed by atoms with van der Waals surface area (Å²) >= 11 is 8.95. The first-order valence-electron chi connectivity index (χ1n) is 5.60. The summed E-state index contributed by atoms with van der Waals surface area (Å²) in [4.78, 5) is 3.23. The van der Waals surface area contributed by atoms with Gasteiger partial charge in [0.05, 0.1) is 5.69 Å². The number of anilines is 2. The minimum Gasteiger partial charge on any atom is -0.398 e. The first-order valence-corrected chi connectivity index (χ1v) is 8.25. The molecule has 112 valence electrons. The van der Waals surface area contributed by atoms with Gasteiger partial charge in [-0.1, -0.05) is 11.6 Å². The summed E-state index contributed by atoms with van der Waals surface area (Å²) < 4.78 is 41.1. The van der Waals surface area contributed by atoms with Gasteiger partial charge in [0.2, 0.25) is 0 Å². The number of nitrogen functional groups attached to an aromatic ring is 1. The maximum atomic E-state index is 13.9. The van der Waals surface area contributed by atoms with Gasteiger partial charge in [-0.05, 0) is 46.6 Å². The van der Waals surface area contributed by atoms with Crippen molar-refractivity contribution >= 4 is 48.9 Å². The Hall–Kier alpha value is -1.38. The molecule has 2 aromatic rings. The molecule has 0 saturated carbocycles. The van der Waals surface area contributed by atoms with Crippen LogP contribution >= 0.6 is 27.5 Å². The maximum Gasteiger partial charge on any atom is 0.264 e. The van der Waals surface area contributed by atoms with Crippen LogP contribution in [0.25, 0.3) is 0 Å². The molecule has 0 atom stereocenters. The lowest BCUT2D eigenvalue weighted by Gasteiger charge is -2.11.